The van der Waals surface area contributed by atoms with Crippen molar-refractivity contribution in [3.63, 3.8) is 0 Å². The highest BCUT2D eigenvalue weighted by molar-refractivity contribution is 5.96. The molecule has 3 aromatic rings. The van der Waals surface area contributed by atoms with Gasteiger partial charge in [-0.05, 0) is 18.8 Å². The molecule has 146 valence electrons. The van der Waals surface area contributed by atoms with E-state index < -0.39 is 17.3 Å². The number of nitrogens with zero attached hydrogens (tertiary/aromatic N) is 5. The lowest BCUT2D eigenvalue weighted by Gasteiger charge is -2.14. The Balaban J connectivity index is 1.83. The molecule has 0 spiro atoms. The van der Waals surface area contributed by atoms with Crippen LogP contribution in [0.3, 0.4) is 0 Å². The van der Waals surface area contributed by atoms with Crippen molar-refractivity contribution in [2.45, 2.75) is 39.3 Å². The standard InChI is InChI=1S/C18H21N7O3/c1-10(2)9-24-14-7-12(22-13-8-19-5-6-20-13)23-25(14)18(28)15(17(24)27)16(26)21-11-3-4-11/h5-8,10-11,28H,3-4,9H2,1-2H3,(H,21,26)(H,20,22,23). The minimum absolute atomic E-state index is 0.0621. The summed E-state index contributed by atoms with van der Waals surface area (Å²) < 4.78 is 2.66. The first-order valence-corrected chi connectivity index (χ1v) is 9.13. The first kappa shape index (κ1) is 18.0. The average molecular weight is 383 g/mol. The van der Waals surface area contributed by atoms with Crippen LogP contribution in [0.1, 0.15) is 37.0 Å². The van der Waals surface area contributed by atoms with Crippen molar-refractivity contribution < 1.29 is 9.90 Å². The minimum atomic E-state index is -0.580. The Kier molecular flexibility index (Phi) is 4.46. The summed E-state index contributed by atoms with van der Waals surface area (Å²) in [6.07, 6.45) is 6.36. The van der Waals surface area contributed by atoms with E-state index in [1.165, 1.54) is 21.5 Å². The van der Waals surface area contributed by atoms with Gasteiger partial charge < -0.3 is 15.7 Å². The molecule has 3 N–H and O–H groups in total. The molecule has 4 rings (SSSR count). The average Bonchev–Trinajstić information content (AvgIpc) is 3.36. The van der Waals surface area contributed by atoms with Crippen molar-refractivity contribution in [2.75, 3.05) is 5.32 Å². The van der Waals surface area contributed by atoms with Crippen LogP contribution in [0.15, 0.2) is 29.5 Å². The van der Waals surface area contributed by atoms with Gasteiger partial charge in [-0.15, -0.1) is 5.10 Å². The van der Waals surface area contributed by atoms with Gasteiger partial charge in [0.1, 0.15) is 11.5 Å². The molecule has 0 aliphatic heterocycles. The van der Waals surface area contributed by atoms with Crippen LogP contribution in [0.4, 0.5) is 11.6 Å². The van der Waals surface area contributed by atoms with E-state index in [0.717, 1.165) is 12.8 Å². The molecule has 0 saturated heterocycles. The van der Waals surface area contributed by atoms with Crippen LogP contribution in [-0.4, -0.2) is 41.2 Å². The van der Waals surface area contributed by atoms with Gasteiger partial charge >= 0.3 is 0 Å². The Hall–Kier alpha value is -3.43. The van der Waals surface area contributed by atoms with Crippen molar-refractivity contribution >= 4 is 23.2 Å². The number of aromatic hydroxyl groups is 1. The van der Waals surface area contributed by atoms with Gasteiger partial charge in [0.25, 0.3) is 11.5 Å². The summed E-state index contributed by atoms with van der Waals surface area (Å²) in [5.74, 6) is -0.0762. The van der Waals surface area contributed by atoms with Crippen molar-refractivity contribution in [1.29, 1.82) is 0 Å². The molecule has 28 heavy (non-hydrogen) atoms. The van der Waals surface area contributed by atoms with Crippen LogP contribution in [0.25, 0.3) is 5.65 Å². The fourth-order valence-corrected chi connectivity index (χ4v) is 2.94. The Bertz CT molecular complexity index is 1080. The van der Waals surface area contributed by atoms with Gasteiger partial charge in [-0.3, -0.25) is 19.1 Å². The number of anilines is 2. The van der Waals surface area contributed by atoms with Crippen molar-refractivity contribution in [3.05, 3.63) is 40.6 Å². The molecule has 0 bridgehead atoms. The van der Waals surface area contributed by atoms with Crippen molar-refractivity contribution in [3.8, 4) is 5.88 Å². The number of fused-ring (bicyclic) bond motifs is 1. The number of hydrogen-bond acceptors (Lipinski definition) is 7. The zero-order chi connectivity index (χ0) is 19.8. The number of rotatable bonds is 6. The number of carbonyl (C=O) groups is 1. The van der Waals surface area contributed by atoms with E-state index in [0.29, 0.717) is 23.8 Å². The summed E-state index contributed by atoms with van der Waals surface area (Å²) in [4.78, 5) is 33.7. The third-order valence-corrected chi connectivity index (χ3v) is 4.36. The Morgan fingerprint density at radius 2 is 2.11 bits per heavy atom. The third-order valence-electron chi connectivity index (χ3n) is 4.36. The Morgan fingerprint density at radius 3 is 2.75 bits per heavy atom. The predicted molar refractivity (Wildman–Crippen MR) is 102 cm³/mol. The van der Waals surface area contributed by atoms with Crippen LogP contribution >= 0.6 is 0 Å². The topological polar surface area (TPSA) is 126 Å². The second-order valence-corrected chi connectivity index (χ2v) is 7.27. The third kappa shape index (κ3) is 3.40. The molecule has 0 aromatic carbocycles. The maximum absolute atomic E-state index is 13.0. The molecule has 1 saturated carbocycles. The lowest BCUT2D eigenvalue weighted by molar-refractivity contribution is 0.0944. The SMILES string of the molecule is CC(C)Cn1c(=O)c(C(=O)NC2CC2)c(O)n2nc(Nc3cnccn3)cc12. The maximum Gasteiger partial charge on any atom is 0.270 e. The summed E-state index contributed by atoms with van der Waals surface area (Å²) >= 11 is 0. The molecule has 1 aliphatic carbocycles. The highest BCUT2D eigenvalue weighted by Crippen LogP contribution is 2.23. The smallest absolute Gasteiger partial charge is 0.270 e. The summed E-state index contributed by atoms with van der Waals surface area (Å²) in [5, 5.41) is 20.7. The fraction of sp³-hybridized carbons (Fsp3) is 0.389. The van der Waals surface area contributed by atoms with E-state index in [9.17, 15) is 14.7 Å². The van der Waals surface area contributed by atoms with Gasteiger partial charge in [-0.1, -0.05) is 13.8 Å². The normalized spacial score (nSPS) is 13.8. The maximum atomic E-state index is 13.0. The van der Waals surface area contributed by atoms with Crippen LogP contribution < -0.4 is 16.2 Å². The number of nitrogens with one attached hydrogen (secondary N) is 2. The van der Waals surface area contributed by atoms with Crippen molar-refractivity contribution in [2.24, 2.45) is 5.92 Å². The first-order chi connectivity index (χ1) is 13.4. The monoisotopic (exact) mass is 383 g/mol. The molecule has 1 fully saturated rings. The highest BCUT2D eigenvalue weighted by Gasteiger charge is 2.29. The zero-order valence-electron chi connectivity index (χ0n) is 15.6. The summed E-state index contributed by atoms with van der Waals surface area (Å²) in [5.41, 5.74) is -0.456. The van der Waals surface area contributed by atoms with Gasteiger partial charge in [0.15, 0.2) is 11.4 Å². The van der Waals surface area contributed by atoms with Gasteiger partial charge in [-0.2, -0.15) is 4.52 Å². The van der Waals surface area contributed by atoms with E-state index >= 15 is 0 Å². The molecule has 1 amide bonds. The van der Waals surface area contributed by atoms with Gasteiger partial charge in [0.2, 0.25) is 5.88 Å². The van der Waals surface area contributed by atoms with Crippen LogP contribution in [0.5, 0.6) is 5.88 Å². The zero-order valence-corrected chi connectivity index (χ0v) is 15.6. The van der Waals surface area contributed by atoms with Crippen molar-refractivity contribution in [1.82, 2.24) is 29.5 Å². The highest BCUT2D eigenvalue weighted by atomic mass is 16.3. The quantitative estimate of drug-likeness (QED) is 0.585. The van der Waals surface area contributed by atoms with E-state index in [-0.39, 0.29) is 17.5 Å². The molecule has 0 atom stereocenters. The number of aromatic nitrogens is 5. The molecule has 0 radical (unpaired) electrons. The van der Waals surface area contributed by atoms with Gasteiger partial charge in [-0.25, -0.2) is 4.98 Å². The second-order valence-electron chi connectivity index (χ2n) is 7.27. The van der Waals surface area contributed by atoms with Crippen LogP contribution in [0.2, 0.25) is 0 Å². The number of hydrogen-bond donors (Lipinski definition) is 3. The molecular formula is C18H21N7O3. The first-order valence-electron chi connectivity index (χ1n) is 9.13. The van der Waals surface area contributed by atoms with E-state index in [1.54, 1.807) is 12.3 Å². The molecule has 10 heteroatoms. The predicted octanol–water partition coefficient (Wildman–Crippen LogP) is 1.28. The van der Waals surface area contributed by atoms with E-state index in [1.807, 2.05) is 13.8 Å². The van der Waals surface area contributed by atoms with E-state index in [4.69, 9.17) is 0 Å². The number of carbonyl (C=O) groups excluding carboxylic acids is 1. The minimum Gasteiger partial charge on any atom is -0.492 e. The lowest BCUT2D eigenvalue weighted by Crippen LogP contribution is -2.36. The summed E-state index contributed by atoms with van der Waals surface area (Å²) in [6, 6.07) is 1.69. The van der Waals surface area contributed by atoms with Crippen LogP contribution in [-0.2, 0) is 6.54 Å². The fourth-order valence-electron chi connectivity index (χ4n) is 2.94. The molecular weight excluding hydrogens is 362 g/mol. The molecule has 1 aliphatic rings. The Labute approximate surface area is 160 Å². The van der Waals surface area contributed by atoms with Crippen LogP contribution in [0, 0.1) is 5.92 Å². The Morgan fingerprint density at radius 1 is 1.32 bits per heavy atom. The van der Waals surface area contributed by atoms with Gasteiger partial charge in [0, 0.05) is 31.0 Å². The van der Waals surface area contributed by atoms with E-state index in [2.05, 4.69) is 25.7 Å². The summed E-state index contributed by atoms with van der Waals surface area (Å²) in [7, 11) is 0. The molecule has 0 unspecified atom stereocenters. The van der Waals surface area contributed by atoms with Gasteiger partial charge in [0.05, 0.1) is 6.20 Å². The summed E-state index contributed by atoms with van der Waals surface area (Å²) in [6.45, 7) is 4.31. The molecule has 3 heterocycles. The largest absolute Gasteiger partial charge is 0.492 e. The molecule has 10 nitrogen and oxygen atoms in total. The molecule has 3 aromatic heterocycles. The number of amides is 1. The lowest BCUT2D eigenvalue weighted by atomic mass is 10.2. The second kappa shape index (κ2) is 6.95.